The lowest BCUT2D eigenvalue weighted by molar-refractivity contribution is 0.191. The Bertz CT molecular complexity index is 119. The van der Waals surface area contributed by atoms with E-state index in [1.54, 1.807) is 0 Å². The SMILES string of the molecule is CCCCCCCN(CC)C(CC)CC. The Morgan fingerprint density at radius 3 is 1.87 bits per heavy atom. The third-order valence-corrected chi connectivity index (χ3v) is 3.41. The Balaban J connectivity index is 3.60. The van der Waals surface area contributed by atoms with Crippen LogP contribution in [0.15, 0.2) is 0 Å². The van der Waals surface area contributed by atoms with Gasteiger partial charge in [0.25, 0.3) is 0 Å². The van der Waals surface area contributed by atoms with Crippen LogP contribution in [0.1, 0.15) is 72.6 Å². The van der Waals surface area contributed by atoms with Crippen molar-refractivity contribution >= 4 is 0 Å². The maximum absolute atomic E-state index is 2.66. The fourth-order valence-electron chi connectivity index (χ4n) is 2.32. The van der Waals surface area contributed by atoms with E-state index in [1.165, 1.54) is 58.0 Å². The molecule has 0 N–H and O–H groups in total. The van der Waals surface area contributed by atoms with Gasteiger partial charge in [-0.3, -0.25) is 0 Å². The first-order valence-electron chi connectivity index (χ1n) is 7.04. The molecule has 0 aromatic heterocycles. The second kappa shape index (κ2) is 10.5. The van der Waals surface area contributed by atoms with Crippen molar-refractivity contribution in [2.45, 2.75) is 78.7 Å². The molecule has 0 radical (unpaired) electrons. The molecule has 0 aliphatic carbocycles. The van der Waals surface area contributed by atoms with E-state index < -0.39 is 0 Å². The molecule has 0 aromatic carbocycles. The van der Waals surface area contributed by atoms with E-state index in [1.807, 2.05) is 0 Å². The topological polar surface area (TPSA) is 3.24 Å². The van der Waals surface area contributed by atoms with Gasteiger partial charge in [0.05, 0.1) is 0 Å². The van der Waals surface area contributed by atoms with Gasteiger partial charge in [-0.1, -0.05) is 53.4 Å². The van der Waals surface area contributed by atoms with Crippen LogP contribution in [0.5, 0.6) is 0 Å². The molecule has 1 nitrogen and oxygen atoms in total. The second-order valence-electron chi connectivity index (χ2n) is 4.51. The Labute approximate surface area is 97.2 Å². The number of nitrogens with zero attached hydrogens (tertiary/aromatic N) is 1. The van der Waals surface area contributed by atoms with Gasteiger partial charge in [0.15, 0.2) is 0 Å². The fraction of sp³-hybridized carbons (Fsp3) is 1.00. The molecule has 0 aliphatic heterocycles. The molecule has 0 spiro atoms. The highest BCUT2D eigenvalue weighted by Gasteiger charge is 2.11. The van der Waals surface area contributed by atoms with Crippen molar-refractivity contribution < 1.29 is 0 Å². The van der Waals surface area contributed by atoms with Crippen LogP contribution in [-0.2, 0) is 0 Å². The molecule has 0 rings (SSSR count). The first kappa shape index (κ1) is 15.0. The zero-order valence-electron chi connectivity index (χ0n) is 11.4. The highest BCUT2D eigenvalue weighted by Crippen LogP contribution is 2.10. The van der Waals surface area contributed by atoms with Gasteiger partial charge < -0.3 is 4.90 Å². The van der Waals surface area contributed by atoms with Crippen molar-refractivity contribution in [1.82, 2.24) is 4.90 Å². The summed E-state index contributed by atoms with van der Waals surface area (Å²) in [5.74, 6) is 0. The molecule has 0 aliphatic rings. The molecule has 0 aromatic rings. The van der Waals surface area contributed by atoms with E-state index in [2.05, 4.69) is 32.6 Å². The molecule has 92 valence electrons. The first-order chi connectivity index (χ1) is 7.29. The van der Waals surface area contributed by atoms with Gasteiger partial charge in [0.1, 0.15) is 0 Å². The minimum atomic E-state index is 0.821. The van der Waals surface area contributed by atoms with Crippen LogP contribution in [0.2, 0.25) is 0 Å². The quantitative estimate of drug-likeness (QED) is 0.484. The number of rotatable bonds is 10. The van der Waals surface area contributed by atoms with Gasteiger partial charge >= 0.3 is 0 Å². The molecule has 0 fully saturated rings. The van der Waals surface area contributed by atoms with Crippen LogP contribution >= 0.6 is 0 Å². The summed E-state index contributed by atoms with van der Waals surface area (Å²) in [4.78, 5) is 2.66. The van der Waals surface area contributed by atoms with E-state index in [-0.39, 0.29) is 0 Å². The van der Waals surface area contributed by atoms with Crippen LogP contribution in [0.3, 0.4) is 0 Å². The van der Waals surface area contributed by atoms with Crippen LogP contribution in [0.25, 0.3) is 0 Å². The molecule has 1 heteroatoms. The average molecular weight is 213 g/mol. The molecule has 0 amide bonds. The van der Waals surface area contributed by atoms with Crippen LogP contribution in [0, 0.1) is 0 Å². The molecule has 0 saturated heterocycles. The van der Waals surface area contributed by atoms with E-state index in [4.69, 9.17) is 0 Å². The summed E-state index contributed by atoms with van der Waals surface area (Å²) >= 11 is 0. The summed E-state index contributed by atoms with van der Waals surface area (Å²) < 4.78 is 0. The lowest BCUT2D eigenvalue weighted by Gasteiger charge is -2.29. The zero-order chi connectivity index (χ0) is 11.5. The molecule has 0 unspecified atom stereocenters. The number of hydrogen-bond donors (Lipinski definition) is 0. The Morgan fingerprint density at radius 2 is 1.40 bits per heavy atom. The van der Waals surface area contributed by atoms with E-state index >= 15 is 0 Å². The lowest BCUT2D eigenvalue weighted by atomic mass is 10.1. The van der Waals surface area contributed by atoms with E-state index in [0.717, 1.165) is 6.04 Å². The Hall–Kier alpha value is -0.0400. The number of hydrogen-bond acceptors (Lipinski definition) is 1. The van der Waals surface area contributed by atoms with Gasteiger partial charge in [-0.15, -0.1) is 0 Å². The predicted molar refractivity (Wildman–Crippen MR) is 70.4 cm³/mol. The van der Waals surface area contributed by atoms with Crippen LogP contribution < -0.4 is 0 Å². The van der Waals surface area contributed by atoms with Crippen molar-refractivity contribution in [1.29, 1.82) is 0 Å². The third kappa shape index (κ3) is 6.94. The molecular formula is C14H31N. The zero-order valence-corrected chi connectivity index (χ0v) is 11.4. The van der Waals surface area contributed by atoms with Crippen LogP contribution in [-0.4, -0.2) is 24.0 Å². The number of unbranched alkanes of at least 4 members (excludes halogenated alkanes) is 4. The Morgan fingerprint density at radius 1 is 0.800 bits per heavy atom. The van der Waals surface area contributed by atoms with E-state index in [9.17, 15) is 0 Å². The van der Waals surface area contributed by atoms with Crippen molar-refractivity contribution in [3.63, 3.8) is 0 Å². The Kier molecular flexibility index (Phi) is 10.4. The molecule has 15 heavy (non-hydrogen) atoms. The highest BCUT2D eigenvalue weighted by molar-refractivity contribution is 4.67. The van der Waals surface area contributed by atoms with Crippen molar-refractivity contribution in [2.75, 3.05) is 13.1 Å². The maximum atomic E-state index is 2.66. The monoisotopic (exact) mass is 213 g/mol. The van der Waals surface area contributed by atoms with Gasteiger partial charge in [0.2, 0.25) is 0 Å². The summed E-state index contributed by atoms with van der Waals surface area (Å²) in [6.07, 6.45) is 9.62. The summed E-state index contributed by atoms with van der Waals surface area (Å²) in [7, 11) is 0. The van der Waals surface area contributed by atoms with Crippen molar-refractivity contribution in [3.8, 4) is 0 Å². The van der Waals surface area contributed by atoms with Crippen molar-refractivity contribution in [2.24, 2.45) is 0 Å². The van der Waals surface area contributed by atoms with Gasteiger partial charge in [-0.25, -0.2) is 0 Å². The summed E-state index contributed by atoms with van der Waals surface area (Å²) in [5.41, 5.74) is 0. The third-order valence-electron chi connectivity index (χ3n) is 3.41. The second-order valence-corrected chi connectivity index (χ2v) is 4.51. The van der Waals surface area contributed by atoms with Gasteiger partial charge in [0, 0.05) is 6.04 Å². The first-order valence-corrected chi connectivity index (χ1v) is 7.04. The highest BCUT2D eigenvalue weighted by atomic mass is 15.1. The van der Waals surface area contributed by atoms with Crippen LogP contribution in [0.4, 0.5) is 0 Å². The molecule has 0 bridgehead atoms. The predicted octanol–water partition coefficient (Wildman–Crippen LogP) is 4.47. The van der Waals surface area contributed by atoms with Gasteiger partial charge in [-0.05, 0) is 32.4 Å². The smallest absolute Gasteiger partial charge is 0.00898 e. The maximum Gasteiger partial charge on any atom is 0.00898 e. The fourth-order valence-corrected chi connectivity index (χ4v) is 2.32. The summed E-state index contributed by atoms with van der Waals surface area (Å²) in [5, 5.41) is 0. The largest absolute Gasteiger partial charge is 0.301 e. The molecule has 0 saturated carbocycles. The summed E-state index contributed by atoms with van der Waals surface area (Å²) in [6.45, 7) is 11.7. The standard InChI is InChI=1S/C14H31N/c1-5-9-10-11-12-13-15(8-4)14(6-2)7-3/h14H,5-13H2,1-4H3. The average Bonchev–Trinajstić information content (AvgIpc) is 2.27. The van der Waals surface area contributed by atoms with E-state index in [0.29, 0.717) is 0 Å². The van der Waals surface area contributed by atoms with Gasteiger partial charge in [-0.2, -0.15) is 0 Å². The molecular weight excluding hydrogens is 182 g/mol. The minimum Gasteiger partial charge on any atom is -0.301 e. The molecule has 0 atom stereocenters. The summed E-state index contributed by atoms with van der Waals surface area (Å²) in [6, 6.07) is 0.821. The minimum absolute atomic E-state index is 0.821. The van der Waals surface area contributed by atoms with Crippen molar-refractivity contribution in [3.05, 3.63) is 0 Å². The normalized spacial score (nSPS) is 11.6. The molecule has 0 heterocycles. The lowest BCUT2D eigenvalue weighted by Crippen LogP contribution is -2.35.